The summed E-state index contributed by atoms with van der Waals surface area (Å²) in [4.78, 5) is 3.16. The van der Waals surface area contributed by atoms with Crippen molar-refractivity contribution in [1.29, 1.82) is 0 Å². The van der Waals surface area contributed by atoms with Crippen LogP contribution in [0.3, 0.4) is 0 Å². The molecule has 2 aromatic rings. The molecule has 0 saturated heterocycles. The molecular formula is C10H12N2S. The minimum atomic E-state index is 0.866. The first-order chi connectivity index (χ1) is 6.36. The van der Waals surface area contributed by atoms with Crippen molar-refractivity contribution in [3.05, 3.63) is 40.3 Å². The van der Waals surface area contributed by atoms with Crippen molar-refractivity contribution < 1.29 is 0 Å². The van der Waals surface area contributed by atoms with Gasteiger partial charge in [0.05, 0.1) is 6.54 Å². The van der Waals surface area contributed by atoms with E-state index in [0.29, 0.717) is 0 Å². The highest BCUT2D eigenvalue weighted by Crippen LogP contribution is 2.19. The molecule has 2 N–H and O–H groups in total. The van der Waals surface area contributed by atoms with Gasteiger partial charge in [-0.2, -0.15) is 0 Å². The number of thiophene rings is 1. The van der Waals surface area contributed by atoms with Crippen LogP contribution in [0.25, 0.3) is 0 Å². The summed E-state index contributed by atoms with van der Waals surface area (Å²) in [5, 5.41) is 7.66. The van der Waals surface area contributed by atoms with Crippen molar-refractivity contribution in [3.8, 4) is 0 Å². The number of H-pyrrole nitrogens is 1. The normalized spacial score (nSPS) is 10.2. The minimum Gasteiger partial charge on any atom is -0.379 e. The zero-order valence-electron chi connectivity index (χ0n) is 7.50. The quantitative estimate of drug-likeness (QED) is 0.768. The fraction of sp³-hybridized carbons (Fsp3) is 0.200. The number of hydrogen-bond donors (Lipinski definition) is 2. The molecule has 2 aromatic heterocycles. The Labute approximate surface area is 81.6 Å². The maximum absolute atomic E-state index is 3.37. The lowest BCUT2D eigenvalue weighted by Gasteiger charge is -2.03. The molecule has 0 aliphatic rings. The van der Waals surface area contributed by atoms with Crippen LogP contribution in [0, 0.1) is 6.92 Å². The largest absolute Gasteiger partial charge is 0.379 e. The van der Waals surface area contributed by atoms with Crippen molar-refractivity contribution in [3.63, 3.8) is 0 Å². The molecule has 0 radical (unpaired) electrons. The van der Waals surface area contributed by atoms with Gasteiger partial charge in [-0.15, -0.1) is 11.3 Å². The van der Waals surface area contributed by atoms with Crippen molar-refractivity contribution in [2.24, 2.45) is 0 Å². The summed E-state index contributed by atoms with van der Waals surface area (Å²) in [5.74, 6) is 0. The third kappa shape index (κ3) is 1.92. The van der Waals surface area contributed by atoms with Crippen LogP contribution in [0.5, 0.6) is 0 Å². The molecule has 2 rings (SSSR count). The highest BCUT2D eigenvalue weighted by molar-refractivity contribution is 7.08. The number of hydrogen-bond acceptors (Lipinski definition) is 2. The zero-order chi connectivity index (χ0) is 9.10. The molecular weight excluding hydrogens is 180 g/mol. The Balaban J connectivity index is 1.97. The van der Waals surface area contributed by atoms with Crippen molar-refractivity contribution in [2.45, 2.75) is 13.5 Å². The number of nitrogens with one attached hydrogen (secondary N) is 2. The Morgan fingerprint density at radius 1 is 1.46 bits per heavy atom. The highest BCUT2D eigenvalue weighted by atomic mass is 32.1. The van der Waals surface area contributed by atoms with Crippen LogP contribution < -0.4 is 5.32 Å². The lowest BCUT2D eigenvalue weighted by molar-refractivity contribution is 1.07. The van der Waals surface area contributed by atoms with E-state index in [0.717, 1.165) is 6.54 Å². The van der Waals surface area contributed by atoms with E-state index in [1.165, 1.54) is 16.9 Å². The fourth-order valence-corrected chi connectivity index (χ4v) is 2.01. The van der Waals surface area contributed by atoms with Crippen LogP contribution in [0.1, 0.15) is 11.3 Å². The number of anilines is 1. The number of aromatic amines is 1. The summed E-state index contributed by atoms with van der Waals surface area (Å²) in [6.07, 6.45) is 1.94. The van der Waals surface area contributed by atoms with Gasteiger partial charge in [0.25, 0.3) is 0 Å². The molecule has 3 heteroatoms. The molecule has 0 unspecified atom stereocenters. The van der Waals surface area contributed by atoms with E-state index in [4.69, 9.17) is 0 Å². The smallest absolute Gasteiger partial charge is 0.0551 e. The van der Waals surface area contributed by atoms with Gasteiger partial charge in [-0.25, -0.2) is 0 Å². The molecule has 0 bridgehead atoms. The van der Waals surface area contributed by atoms with Crippen LogP contribution in [-0.4, -0.2) is 4.98 Å². The van der Waals surface area contributed by atoms with Crippen LogP contribution in [0.2, 0.25) is 0 Å². The second-order valence-electron chi connectivity index (χ2n) is 3.02. The predicted octanol–water partition coefficient (Wildman–Crippen LogP) is 3.00. The van der Waals surface area contributed by atoms with Crippen LogP contribution in [0.15, 0.2) is 29.1 Å². The van der Waals surface area contributed by atoms with E-state index in [-0.39, 0.29) is 0 Å². The van der Waals surface area contributed by atoms with Gasteiger partial charge in [-0.3, -0.25) is 0 Å². The second-order valence-corrected chi connectivity index (χ2v) is 3.76. The summed E-state index contributed by atoms with van der Waals surface area (Å²) in [7, 11) is 0. The average molecular weight is 192 g/mol. The Morgan fingerprint density at radius 3 is 3.00 bits per heavy atom. The first-order valence-electron chi connectivity index (χ1n) is 4.25. The molecule has 0 spiro atoms. The molecule has 0 saturated carbocycles. The Kier molecular flexibility index (Phi) is 2.36. The molecule has 68 valence electrons. The highest BCUT2D eigenvalue weighted by Gasteiger charge is 1.98. The van der Waals surface area contributed by atoms with Gasteiger partial charge >= 0.3 is 0 Å². The third-order valence-corrected chi connectivity index (χ3v) is 2.85. The first-order valence-corrected chi connectivity index (χ1v) is 5.19. The van der Waals surface area contributed by atoms with Crippen LogP contribution in [0.4, 0.5) is 5.69 Å². The van der Waals surface area contributed by atoms with E-state index in [9.17, 15) is 0 Å². The van der Waals surface area contributed by atoms with E-state index < -0.39 is 0 Å². The summed E-state index contributed by atoms with van der Waals surface area (Å²) in [6.45, 7) is 2.98. The van der Waals surface area contributed by atoms with Gasteiger partial charge in [-0.05, 0) is 30.0 Å². The second kappa shape index (κ2) is 3.66. The summed E-state index contributed by atoms with van der Waals surface area (Å²) >= 11 is 1.73. The molecule has 2 heterocycles. The number of aryl methyl sites for hydroxylation is 1. The van der Waals surface area contributed by atoms with E-state index >= 15 is 0 Å². The summed E-state index contributed by atoms with van der Waals surface area (Å²) < 4.78 is 0. The minimum absolute atomic E-state index is 0.866. The van der Waals surface area contributed by atoms with Gasteiger partial charge < -0.3 is 10.3 Å². The molecule has 0 aromatic carbocycles. The van der Waals surface area contributed by atoms with Crippen LogP contribution >= 0.6 is 11.3 Å². The Bertz CT molecular complexity index is 362. The van der Waals surface area contributed by atoms with Crippen molar-refractivity contribution >= 4 is 17.0 Å². The molecule has 0 fully saturated rings. The maximum Gasteiger partial charge on any atom is 0.0551 e. The van der Waals surface area contributed by atoms with Gasteiger partial charge in [0.2, 0.25) is 0 Å². The van der Waals surface area contributed by atoms with Crippen LogP contribution in [-0.2, 0) is 6.54 Å². The maximum atomic E-state index is 3.37. The molecule has 13 heavy (non-hydrogen) atoms. The fourth-order valence-electron chi connectivity index (χ4n) is 1.21. The third-order valence-electron chi connectivity index (χ3n) is 1.99. The molecule has 0 aliphatic heterocycles. The number of rotatable bonds is 3. The van der Waals surface area contributed by atoms with Gasteiger partial charge in [-0.1, -0.05) is 0 Å². The van der Waals surface area contributed by atoms with E-state index in [1.807, 2.05) is 12.3 Å². The molecule has 0 aliphatic carbocycles. The number of aromatic nitrogens is 1. The van der Waals surface area contributed by atoms with Gasteiger partial charge in [0, 0.05) is 23.0 Å². The predicted molar refractivity (Wildman–Crippen MR) is 57.2 cm³/mol. The topological polar surface area (TPSA) is 27.8 Å². The van der Waals surface area contributed by atoms with Gasteiger partial charge in [0.1, 0.15) is 0 Å². The van der Waals surface area contributed by atoms with Crippen molar-refractivity contribution in [1.82, 2.24) is 4.98 Å². The Hall–Kier alpha value is -1.22. The molecule has 0 amide bonds. The molecule has 0 atom stereocenters. The Morgan fingerprint density at radius 2 is 2.38 bits per heavy atom. The van der Waals surface area contributed by atoms with E-state index in [1.54, 1.807) is 11.3 Å². The standard InChI is InChI=1S/C10H12N2S/c1-8-6-13-7-10(8)12-5-9-3-2-4-11-9/h2-4,6-7,11-12H,5H2,1H3. The molecule has 2 nitrogen and oxygen atoms in total. The zero-order valence-corrected chi connectivity index (χ0v) is 8.32. The lowest BCUT2D eigenvalue weighted by Crippen LogP contribution is -1.99. The summed E-state index contributed by atoms with van der Waals surface area (Å²) in [6, 6.07) is 4.09. The van der Waals surface area contributed by atoms with Crippen molar-refractivity contribution in [2.75, 3.05) is 5.32 Å². The van der Waals surface area contributed by atoms with E-state index in [2.05, 4.69) is 34.1 Å². The van der Waals surface area contributed by atoms with Gasteiger partial charge in [0.15, 0.2) is 0 Å². The SMILES string of the molecule is Cc1cscc1NCc1ccc[nH]1. The first kappa shape index (κ1) is 8.38. The average Bonchev–Trinajstić information content (AvgIpc) is 2.72. The lowest BCUT2D eigenvalue weighted by atomic mass is 10.3. The monoisotopic (exact) mass is 192 g/mol. The summed E-state index contributed by atoms with van der Waals surface area (Å²) in [5.41, 5.74) is 3.77.